The number of hydrogen-bond donors (Lipinski definition) is 1. The minimum Gasteiger partial charge on any atom is -0.495 e. The van der Waals surface area contributed by atoms with E-state index in [1.807, 2.05) is 63.2 Å². The molecule has 0 spiro atoms. The lowest BCUT2D eigenvalue weighted by Crippen LogP contribution is -2.20. The number of methoxy groups -OCH3 is 1. The lowest BCUT2D eigenvalue weighted by Gasteiger charge is -2.12. The predicted octanol–water partition coefficient (Wildman–Crippen LogP) is 5.45. The topological polar surface area (TPSA) is 73.6 Å². The third-order valence-electron chi connectivity index (χ3n) is 5.18. The van der Waals surface area contributed by atoms with Gasteiger partial charge in [-0.25, -0.2) is 4.98 Å². The fraction of sp³-hybridized carbons (Fsp3) is 0.200. The molecule has 0 saturated carbocycles. The van der Waals surface area contributed by atoms with E-state index < -0.39 is 0 Å². The maximum absolute atomic E-state index is 12.5. The maximum Gasteiger partial charge on any atom is 0.262 e. The standard InChI is InChI=1S/C25H24N2O4/c1-15-7-5-6-8-21(15)30-14-24(28)26-20-13-18(9-10-22(20)29-4)25-27-19-11-16(2)17(3)12-23(19)31-25/h5-13H,14H2,1-4H3,(H,26,28). The van der Waals surface area contributed by atoms with Gasteiger partial charge in [0.1, 0.15) is 17.0 Å². The minimum absolute atomic E-state index is 0.111. The van der Waals surface area contributed by atoms with E-state index in [1.165, 1.54) is 0 Å². The molecule has 4 rings (SSSR count). The smallest absolute Gasteiger partial charge is 0.262 e. The molecule has 0 radical (unpaired) electrons. The first-order valence-electron chi connectivity index (χ1n) is 9.99. The molecular formula is C25H24N2O4. The third kappa shape index (κ3) is 4.38. The second-order valence-electron chi connectivity index (χ2n) is 7.44. The number of aryl methyl sites for hydroxylation is 3. The Morgan fingerprint density at radius 3 is 2.52 bits per heavy atom. The van der Waals surface area contributed by atoms with Crippen molar-refractivity contribution in [3.05, 3.63) is 71.3 Å². The van der Waals surface area contributed by atoms with Crippen molar-refractivity contribution in [1.82, 2.24) is 4.98 Å². The number of amides is 1. The van der Waals surface area contributed by atoms with E-state index in [0.717, 1.165) is 33.4 Å². The van der Waals surface area contributed by atoms with Crippen LogP contribution in [0.5, 0.6) is 11.5 Å². The molecule has 0 aliphatic heterocycles. The highest BCUT2D eigenvalue weighted by atomic mass is 16.5. The van der Waals surface area contributed by atoms with Gasteiger partial charge in [-0.1, -0.05) is 18.2 Å². The molecule has 0 aliphatic rings. The Morgan fingerprint density at radius 1 is 0.968 bits per heavy atom. The molecule has 4 aromatic rings. The minimum atomic E-state index is -0.289. The van der Waals surface area contributed by atoms with Gasteiger partial charge >= 0.3 is 0 Å². The summed E-state index contributed by atoms with van der Waals surface area (Å²) in [7, 11) is 1.56. The number of benzene rings is 3. The number of nitrogens with zero attached hydrogens (tertiary/aromatic N) is 1. The Balaban J connectivity index is 1.56. The van der Waals surface area contributed by atoms with Gasteiger partial charge < -0.3 is 19.2 Å². The van der Waals surface area contributed by atoms with Crippen LogP contribution in [-0.2, 0) is 4.79 Å². The normalized spacial score (nSPS) is 10.8. The summed E-state index contributed by atoms with van der Waals surface area (Å²) in [6.07, 6.45) is 0. The SMILES string of the molecule is COc1ccc(-c2nc3cc(C)c(C)cc3o2)cc1NC(=O)COc1ccccc1C. The molecule has 3 aromatic carbocycles. The van der Waals surface area contributed by atoms with Gasteiger partial charge in [0.25, 0.3) is 5.91 Å². The van der Waals surface area contributed by atoms with E-state index in [0.29, 0.717) is 23.1 Å². The predicted molar refractivity (Wildman–Crippen MR) is 121 cm³/mol. The molecule has 158 valence electrons. The van der Waals surface area contributed by atoms with E-state index in [9.17, 15) is 4.79 Å². The molecule has 0 saturated heterocycles. The Kier molecular flexibility index (Phi) is 5.62. The van der Waals surface area contributed by atoms with E-state index in [1.54, 1.807) is 19.2 Å². The fourth-order valence-corrected chi connectivity index (χ4v) is 3.29. The highest BCUT2D eigenvalue weighted by Gasteiger charge is 2.14. The number of aromatic nitrogens is 1. The average molecular weight is 416 g/mol. The molecule has 31 heavy (non-hydrogen) atoms. The van der Waals surface area contributed by atoms with Crippen molar-refractivity contribution in [2.24, 2.45) is 0 Å². The van der Waals surface area contributed by atoms with Crippen LogP contribution in [0, 0.1) is 20.8 Å². The lowest BCUT2D eigenvalue weighted by molar-refractivity contribution is -0.118. The number of anilines is 1. The van der Waals surface area contributed by atoms with Crippen molar-refractivity contribution in [2.45, 2.75) is 20.8 Å². The van der Waals surface area contributed by atoms with Crippen molar-refractivity contribution in [3.63, 3.8) is 0 Å². The van der Waals surface area contributed by atoms with E-state index in [2.05, 4.69) is 10.3 Å². The van der Waals surface area contributed by atoms with Gasteiger partial charge in [0.05, 0.1) is 12.8 Å². The fourth-order valence-electron chi connectivity index (χ4n) is 3.29. The molecule has 1 heterocycles. The van der Waals surface area contributed by atoms with Gasteiger partial charge in [-0.05, 0) is 73.9 Å². The summed E-state index contributed by atoms with van der Waals surface area (Å²) in [5.74, 6) is 1.41. The van der Waals surface area contributed by atoms with E-state index >= 15 is 0 Å². The number of rotatable bonds is 6. The largest absolute Gasteiger partial charge is 0.495 e. The van der Waals surface area contributed by atoms with Crippen molar-refractivity contribution >= 4 is 22.7 Å². The zero-order valence-corrected chi connectivity index (χ0v) is 18.0. The summed E-state index contributed by atoms with van der Waals surface area (Å²) in [4.78, 5) is 17.1. The van der Waals surface area contributed by atoms with Gasteiger partial charge in [-0.3, -0.25) is 4.79 Å². The van der Waals surface area contributed by atoms with Gasteiger partial charge in [-0.2, -0.15) is 0 Å². The zero-order valence-electron chi connectivity index (χ0n) is 18.0. The summed E-state index contributed by atoms with van der Waals surface area (Å²) >= 11 is 0. The summed E-state index contributed by atoms with van der Waals surface area (Å²) in [6, 6.07) is 17.0. The van der Waals surface area contributed by atoms with Crippen molar-refractivity contribution in [2.75, 3.05) is 19.0 Å². The highest BCUT2D eigenvalue weighted by molar-refractivity contribution is 5.94. The number of ether oxygens (including phenoxy) is 2. The molecule has 0 unspecified atom stereocenters. The number of oxazole rings is 1. The summed E-state index contributed by atoms with van der Waals surface area (Å²) in [5, 5.41) is 2.85. The van der Waals surface area contributed by atoms with Gasteiger partial charge in [-0.15, -0.1) is 0 Å². The van der Waals surface area contributed by atoms with Gasteiger partial charge in [0.15, 0.2) is 12.2 Å². The first-order valence-corrected chi connectivity index (χ1v) is 9.99. The Hall–Kier alpha value is -3.80. The van der Waals surface area contributed by atoms with Crippen LogP contribution in [0.25, 0.3) is 22.6 Å². The van der Waals surface area contributed by atoms with Gasteiger partial charge in [0.2, 0.25) is 5.89 Å². The monoisotopic (exact) mass is 416 g/mol. The van der Waals surface area contributed by atoms with Crippen LogP contribution >= 0.6 is 0 Å². The summed E-state index contributed by atoms with van der Waals surface area (Å²) in [5.41, 5.74) is 6.05. The van der Waals surface area contributed by atoms with Crippen LogP contribution in [0.1, 0.15) is 16.7 Å². The van der Waals surface area contributed by atoms with E-state index in [-0.39, 0.29) is 12.5 Å². The number of nitrogens with one attached hydrogen (secondary N) is 1. The molecule has 6 heteroatoms. The molecule has 0 fully saturated rings. The molecule has 1 amide bonds. The van der Waals surface area contributed by atoms with Crippen LogP contribution in [0.3, 0.4) is 0 Å². The molecule has 0 aliphatic carbocycles. The third-order valence-corrected chi connectivity index (χ3v) is 5.18. The van der Waals surface area contributed by atoms with Crippen LogP contribution in [0.15, 0.2) is 59.0 Å². The van der Waals surface area contributed by atoms with Crippen LogP contribution in [0.2, 0.25) is 0 Å². The Bertz CT molecular complexity index is 1220. The van der Waals surface area contributed by atoms with Crippen molar-refractivity contribution in [3.8, 4) is 23.0 Å². The number of para-hydroxylation sites is 1. The van der Waals surface area contributed by atoms with Crippen LogP contribution in [-0.4, -0.2) is 24.6 Å². The molecular weight excluding hydrogens is 392 g/mol. The molecule has 1 N–H and O–H groups in total. The summed E-state index contributed by atoms with van der Waals surface area (Å²) in [6.45, 7) is 5.91. The number of hydrogen-bond acceptors (Lipinski definition) is 5. The summed E-state index contributed by atoms with van der Waals surface area (Å²) < 4.78 is 17.0. The number of carbonyl (C=O) groups excluding carboxylic acids is 1. The second-order valence-corrected chi connectivity index (χ2v) is 7.44. The molecule has 1 aromatic heterocycles. The second kappa shape index (κ2) is 8.52. The molecule has 0 atom stereocenters. The Labute approximate surface area is 180 Å². The first kappa shape index (κ1) is 20.5. The number of carbonyl (C=O) groups is 1. The molecule has 6 nitrogen and oxygen atoms in total. The lowest BCUT2D eigenvalue weighted by atomic mass is 10.1. The van der Waals surface area contributed by atoms with Crippen molar-refractivity contribution in [1.29, 1.82) is 0 Å². The number of fused-ring (bicyclic) bond motifs is 1. The highest BCUT2D eigenvalue weighted by Crippen LogP contribution is 2.32. The van der Waals surface area contributed by atoms with Gasteiger partial charge in [0, 0.05) is 5.56 Å². The molecule has 0 bridgehead atoms. The Morgan fingerprint density at radius 2 is 1.74 bits per heavy atom. The zero-order chi connectivity index (χ0) is 22.0. The van der Waals surface area contributed by atoms with Crippen molar-refractivity contribution < 1.29 is 18.7 Å². The van der Waals surface area contributed by atoms with Crippen LogP contribution < -0.4 is 14.8 Å². The average Bonchev–Trinajstić information content (AvgIpc) is 3.16. The first-order chi connectivity index (χ1) is 14.9. The van der Waals surface area contributed by atoms with E-state index in [4.69, 9.17) is 13.9 Å². The van der Waals surface area contributed by atoms with Crippen LogP contribution in [0.4, 0.5) is 5.69 Å². The maximum atomic E-state index is 12.5. The quantitative estimate of drug-likeness (QED) is 0.453.